The Kier molecular flexibility index (Phi) is 57.5. The van der Waals surface area contributed by atoms with Crippen molar-refractivity contribution >= 4 is 17.6 Å². The van der Waals surface area contributed by atoms with E-state index in [0.717, 1.165) is 6.42 Å². The van der Waals surface area contributed by atoms with Crippen LogP contribution in [-0.2, 0) is 21.7 Å². The zero-order valence-corrected chi connectivity index (χ0v) is 23.0. The molecule has 2 radical (unpaired) electrons. The maximum absolute atomic E-state index is 9.53. The Hall–Kier alpha value is 0.508. The van der Waals surface area contributed by atoms with E-state index >= 15 is 0 Å². The third kappa shape index (κ3) is 446. The van der Waals surface area contributed by atoms with Gasteiger partial charge >= 0.3 is 21.7 Å². The molecule has 0 unspecified atom stereocenters. The molecule has 1 aliphatic carbocycles. The van der Waals surface area contributed by atoms with E-state index < -0.39 is 18.3 Å². The first-order chi connectivity index (χ1) is 11.2. The van der Waals surface area contributed by atoms with E-state index in [0.29, 0.717) is 0 Å². The summed E-state index contributed by atoms with van der Waals surface area (Å²) >= 11 is 0. The molecule has 0 heterocycles. The average Bonchev–Trinajstić information content (AvgIpc) is 2.80. The first-order valence-electron chi connectivity index (χ1n) is 8.89. The third-order valence-electron chi connectivity index (χ3n) is 0.586. The zero-order valence-electron chi connectivity index (χ0n) is 19.4. The molecule has 0 amide bonds. The first-order valence-corrected chi connectivity index (χ1v) is 14.9. The van der Waals surface area contributed by atoms with Gasteiger partial charge < -0.3 is 15.3 Å². The number of rotatable bonds is 0. The molecule has 6 heteroatoms. The molecule has 1 rings (SSSR count). The third-order valence-corrected chi connectivity index (χ3v) is 0.586. The summed E-state index contributed by atoms with van der Waals surface area (Å²) in [6.45, 7) is 23.3. The van der Waals surface area contributed by atoms with Gasteiger partial charge in [0.15, 0.2) is 0 Å². The number of hydrogen-bond acceptors (Lipinski definition) is 3. The van der Waals surface area contributed by atoms with E-state index in [1.165, 1.54) is 0 Å². The van der Waals surface area contributed by atoms with Crippen LogP contribution in [0.5, 0.6) is 0 Å². The van der Waals surface area contributed by atoms with Gasteiger partial charge in [0.1, 0.15) is 0 Å². The van der Waals surface area contributed by atoms with Crippen LogP contribution in [0.15, 0.2) is 18.2 Å². The van der Waals surface area contributed by atoms with Crippen LogP contribution in [0.3, 0.4) is 0 Å². The molecular weight excluding hydrogens is 392 g/mol. The summed E-state index contributed by atoms with van der Waals surface area (Å²) < 4.78 is 0. The molecule has 0 atom stereocenters. The topological polar surface area (TPSA) is 69.2 Å². The minimum absolute atomic E-state index is 0. The molecule has 0 saturated carbocycles. The van der Waals surface area contributed by atoms with E-state index in [1.54, 1.807) is 41.5 Å². The van der Waals surface area contributed by atoms with E-state index in [-0.39, 0.29) is 39.3 Å². The second-order valence-electron chi connectivity index (χ2n) is 7.15. The molecule has 0 saturated heterocycles. The normalized spacial score (nSPS) is 10.3. The minimum atomic E-state index is -0.417. The first kappa shape index (κ1) is 41.0. The molecule has 154 valence electrons. The van der Waals surface area contributed by atoms with Crippen LogP contribution in [0.4, 0.5) is 0 Å². The van der Waals surface area contributed by atoms with Crippen molar-refractivity contribution in [3.63, 3.8) is 0 Å². The van der Waals surface area contributed by atoms with Gasteiger partial charge in [-0.3, -0.25) is 6.08 Å². The summed E-state index contributed by atoms with van der Waals surface area (Å²) in [4.78, 5) is 0. The van der Waals surface area contributed by atoms with Gasteiger partial charge in [0.25, 0.3) is 0 Å². The van der Waals surface area contributed by atoms with Crippen molar-refractivity contribution in [2.24, 2.45) is 0 Å². The molecule has 0 aromatic heterocycles. The molecule has 26 heavy (non-hydrogen) atoms. The van der Waals surface area contributed by atoms with Crippen LogP contribution >= 0.6 is 0 Å². The van der Waals surface area contributed by atoms with Gasteiger partial charge in [0.05, 0.1) is 0 Å². The van der Waals surface area contributed by atoms with Crippen molar-refractivity contribution in [1.29, 1.82) is 0 Å². The van der Waals surface area contributed by atoms with E-state index in [1.807, 2.05) is 12.2 Å². The summed E-state index contributed by atoms with van der Waals surface area (Å²) in [7, 11) is 0.241. The van der Waals surface area contributed by atoms with Gasteiger partial charge in [-0.05, 0) is 0 Å². The minimum Gasteiger partial charge on any atom is -0.852 e. The van der Waals surface area contributed by atoms with Crippen LogP contribution in [-0.4, -0.2) is 35.9 Å². The Morgan fingerprint density at radius 1 is 0.692 bits per heavy atom. The van der Waals surface area contributed by atoms with Gasteiger partial charge in [0, 0.05) is 17.6 Å². The van der Waals surface area contributed by atoms with Gasteiger partial charge in [-0.25, -0.2) is 12.2 Å². The maximum Gasteiger partial charge on any atom is 4.00 e. The summed E-state index contributed by atoms with van der Waals surface area (Å²) in [6.07, 6.45) is 8.75. The van der Waals surface area contributed by atoms with Crippen molar-refractivity contribution in [2.75, 3.05) is 0 Å². The molecule has 0 N–H and O–H groups in total. The standard InChI is InChI=1S/C5H5.3C3H7O.2C3H9Si.Ti/c1-2-4-5-3-1;3*1-3(2)4;2*1-4(2)3;/h1-3H,4H2;3*3H,1-2H3;2*1-3H3;/q4*-1;;;+4. The fourth-order valence-electron chi connectivity index (χ4n) is 0.340. The van der Waals surface area contributed by atoms with Crippen molar-refractivity contribution in [2.45, 2.75) is 106 Å². The van der Waals surface area contributed by atoms with Gasteiger partial charge in [-0.1, -0.05) is 80.8 Å². The van der Waals surface area contributed by atoms with Crippen LogP contribution < -0.4 is 15.3 Å². The van der Waals surface area contributed by atoms with Crippen LogP contribution in [0.2, 0.25) is 39.3 Å². The van der Waals surface area contributed by atoms with Crippen molar-refractivity contribution in [1.82, 2.24) is 0 Å². The Labute approximate surface area is 184 Å². The smallest absolute Gasteiger partial charge is 0.852 e. The zero-order chi connectivity index (χ0) is 21.4. The van der Waals surface area contributed by atoms with Gasteiger partial charge in [-0.2, -0.15) is 6.08 Å². The average molecular weight is 437 g/mol. The van der Waals surface area contributed by atoms with Crippen LogP contribution in [0.1, 0.15) is 48.0 Å². The van der Waals surface area contributed by atoms with E-state index in [9.17, 15) is 15.3 Å². The number of hydrogen-bond donors (Lipinski definition) is 0. The molecule has 0 spiro atoms. The fraction of sp³-hybridized carbons (Fsp3) is 0.800. The van der Waals surface area contributed by atoms with Crippen molar-refractivity contribution in [3.8, 4) is 0 Å². The Morgan fingerprint density at radius 3 is 0.923 bits per heavy atom. The second kappa shape index (κ2) is 36.4. The molecule has 0 fully saturated rings. The Bertz CT molecular complexity index is 197. The second-order valence-corrected chi connectivity index (χ2v) is 13.1. The Balaban J connectivity index is -0.0000000460. The Morgan fingerprint density at radius 2 is 0.885 bits per heavy atom. The SMILES string of the molecule is CC(C)[O-].CC(C)[O-].CC(C)[O-].C[Si](C)C.C[Si](C)C.[C-]1=CC=CC1.[Ti+4]. The summed E-state index contributed by atoms with van der Waals surface area (Å²) in [5, 5.41) is 28.6. The van der Waals surface area contributed by atoms with Crippen LogP contribution in [0, 0.1) is 6.08 Å². The van der Waals surface area contributed by atoms with Crippen molar-refractivity contribution < 1.29 is 37.0 Å². The van der Waals surface area contributed by atoms with Gasteiger partial charge in [0.2, 0.25) is 0 Å². The molecular formula is C20H44O3Si2Ti. The summed E-state index contributed by atoms with van der Waals surface area (Å²) in [5.74, 6) is 0. The molecule has 3 nitrogen and oxygen atoms in total. The summed E-state index contributed by atoms with van der Waals surface area (Å²) in [5.41, 5.74) is 0. The molecule has 0 aromatic rings. The molecule has 1 aliphatic rings. The van der Waals surface area contributed by atoms with Gasteiger partial charge in [-0.15, -0.1) is 24.7 Å². The van der Waals surface area contributed by atoms with E-state index in [4.69, 9.17) is 0 Å². The molecule has 0 aliphatic heterocycles. The van der Waals surface area contributed by atoms with Crippen molar-refractivity contribution in [3.05, 3.63) is 24.3 Å². The molecule has 0 bridgehead atoms. The monoisotopic (exact) mass is 436 g/mol. The number of allylic oxidation sites excluding steroid dienone is 4. The van der Waals surface area contributed by atoms with Crippen LogP contribution in [0.25, 0.3) is 0 Å². The largest absolute Gasteiger partial charge is 4.00 e. The predicted molar refractivity (Wildman–Crippen MR) is 114 cm³/mol. The fourth-order valence-corrected chi connectivity index (χ4v) is 0.340. The maximum atomic E-state index is 9.53. The summed E-state index contributed by atoms with van der Waals surface area (Å²) in [6, 6.07) is 0. The predicted octanol–water partition coefficient (Wildman–Crippen LogP) is 3.31. The van der Waals surface area contributed by atoms with E-state index in [2.05, 4.69) is 51.4 Å². The molecule has 0 aromatic carbocycles. The quantitative estimate of drug-likeness (QED) is 0.432.